The van der Waals surface area contributed by atoms with Gasteiger partial charge in [-0.2, -0.15) is 4.31 Å². The molecule has 1 saturated heterocycles. The van der Waals surface area contributed by atoms with Crippen LogP contribution in [0.1, 0.15) is 19.4 Å². The Bertz CT molecular complexity index is 728. The van der Waals surface area contributed by atoms with Crippen molar-refractivity contribution in [3.63, 3.8) is 0 Å². The van der Waals surface area contributed by atoms with Gasteiger partial charge in [0.15, 0.2) is 0 Å². The van der Waals surface area contributed by atoms with Gasteiger partial charge in [0.1, 0.15) is 5.75 Å². The lowest BCUT2D eigenvalue weighted by Gasteiger charge is -2.33. The molecule has 0 aliphatic carbocycles. The molecule has 0 N–H and O–H groups in total. The van der Waals surface area contributed by atoms with Gasteiger partial charge in [-0.1, -0.05) is 6.92 Å². The molecule has 26 heavy (non-hydrogen) atoms. The molecule has 2 rings (SSSR count). The Hall–Kier alpha value is -1.64. The van der Waals surface area contributed by atoms with E-state index in [0.29, 0.717) is 25.4 Å². The zero-order chi connectivity index (χ0) is 19.3. The molecule has 1 fully saturated rings. The standard InChI is InChI=1S/C18H29N3O4S/c1-5-21(14-18(22)20-11-9-19(4)10-12-20)26(23,24)16-7-8-17(25-6-2)15(3)13-16/h7-8,13H,5-6,9-12,14H2,1-4H3. The zero-order valence-corrected chi connectivity index (χ0v) is 16.9. The fourth-order valence-electron chi connectivity index (χ4n) is 2.92. The summed E-state index contributed by atoms with van der Waals surface area (Å²) in [6.45, 7) is 8.96. The van der Waals surface area contributed by atoms with E-state index in [-0.39, 0.29) is 23.9 Å². The Morgan fingerprint density at radius 1 is 1.19 bits per heavy atom. The van der Waals surface area contributed by atoms with Crippen LogP contribution in [0.3, 0.4) is 0 Å². The first kappa shape index (κ1) is 20.7. The minimum Gasteiger partial charge on any atom is -0.494 e. The highest BCUT2D eigenvalue weighted by Gasteiger charge is 2.28. The van der Waals surface area contributed by atoms with E-state index in [2.05, 4.69) is 4.90 Å². The second kappa shape index (κ2) is 8.83. The van der Waals surface area contributed by atoms with Gasteiger partial charge in [-0.3, -0.25) is 4.79 Å². The molecule has 7 nitrogen and oxygen atoms in total. The molecule has 1 aromatic carbocycles. The lowest BCUT2D eigenvalue weighted by molar-refractivity contribution is -0.132. The molecule has 1 aromatic rings. The number of amides is 1. The predicted molar refractivity (Wildman–Crippen MR) is 101 cm³/mol. The van der Waals surface area contributed by atoms with Crippen LogP contribution >= 0.6 is 0 Å². The molecular weight excluding hydrogens is 354 g/mol. The molecule has 0 spiro atoms. The fourth-order valence-corrected chi connectivity index (χ4v) is 4.41. The van der Waals surface area contributed by atoms with E-state index in [1.165, 1.54) is 10.4 Å². The Kier molecular flexibility index (Phi) is 7.02. The Labute approximate surface area is 156 Å². The first-order valence-electron chi connectivity index (χ1n) is 8.99. The lowest BCUT2D eigenvalue weighted by Crippen LogP contribution is -2.50. The van der Waals surface area contributed by atoms with Crippen molar-refractivity contribution in [1.29, 1.82) is 0 Å². The highest BCUT2D eigenvalue weighted by molar-refractivity contribution is 7.89. The van der Waals surface area contributed by atoms with Crippen LogP contribution < -0.4 is 4.74 Å². The lowest BCUT2D eigenvalue weighted by atomic mass is 10.2. The number of nitrogens with zero attached hydrogens (tertiary/aromatic N) is 3. The molecule has 0 aromatic heterocycles. The molecule has 0 bridgehead atoms. The molecule has 0 radical (unpaired) electrons. The number of rotatable bonds is 7. The van der Waals surface area contributed by atoms with Gasteiger partial charge in [0, 0.05) is 32.7 Å². The molecule has 1 heterocycles. The van der Waals surface area contributed by atoms with Crippen LogP contribution in [0.2, 0.25) is 0 Å². The van der Waals surface area contributed by atoms with Crippen molar-refractivity contribution in [2.24, 2.45) is 0 Å². The number of aryl methyl sites for hydroxylation is 1. The highest BCUT2D eigenvalue weighted by atomic mass is 32.2. The van der Waals surface area contributed by atoms with Crippen LogP contribution in [0.15, 0.2) is 23.1 Å². The van der Waals surface area contributed by atoms with E-state index < -0.39 is 10.0 Å². The average Bonchev–Trinajstić information content (AvgIpc) is 2.61. The molecule has 8 heteroatoms. The van der Waals surface area contributed by atoms with E-state index >= 15 is 0 Å². The third-order valence-corrected chi connectivity index (χ3v) is 6.52. The quantitative estimate of drug-likeness (QED) is 0.707. The van der Waals surface area contributed by atoms with Gasteiger partial charge >= 0.3 is 0 Å². The van der Waals surface area contributed by atoms with Crippen LogP contribution in [0.5, 0.6) is 5.75 Å². The Morgan fingerprint density at radius 3 is 2.38 bits per heavy atom. The number of likely N-dealkylation sites (N-methyl/N-ethyl adjacent to an activating group) is 2. The van der Waals surface area contributed by atoms with Gasteiger partial charge in [0.05, 0.1) is 18.0 Å². The number of carbonyl (C=O) groups is 1. The smallest absolute Gasteiger partial charge is 0.243 e. The second-order valence-corrected chi connectivity index (χ2v) is 8.41. The molecule has 0 atom stereocenters. The minimum atomic E-state index is -3.73. The molecule has 1 amide bonds. The van der Waals surface area contributed by atoms with Gasteiger partial charge in [0.25, 0.3) is 0 Å². The van der Waals surface area contributed by atoms with E-state index in [0.717, 1.165) is 18.7 Å². The van der Waals surface area contributed by atoms with Gasteiger partial charge in [-0.05, 0) is 44.7 Å². The predicted octanol–water partition coefficient (Wildman–Crippen LogP) is 1.18. The molecule has 1 aliphatic heterocycles. The van der Waals surface area contributed by atoms with Crippen molar-refractivity contribution in [3.05, 3.63) is 23.8 Å². The third kappa shape index (κ3) is 4.75. The van der Waals surface area contributed by atoms with E-state index in [1.807, 2.05) is 20.9 Å². The maximum absolute atomic E-state index is 13.0. The summed E-state index contributed by atoms with van der Waals surface area (Å²) in [4.78, 5) is 16.6. The summed E-state index contributed by atoms with van der Waals surface area (Å²) < 4.78 is 32.6. The van der Waals surface area contributed by atoms with Crippen LogP contribution in [0, 0.1) is 6.92 Å². The number of benzene rings is 1. The monoisotopic (exact) mass is 383 g/mol. The van der Waals surface area contributed by atoms with Crippen LogP contribution in [-0.2, 0) is 14.8 Å². The molecular formula is C18H29N3O4S. The van der Waals surface area contributed by atoms with Crippen molar-refractivity contribution in [3.8, 4) is 5.75 Å². The summed E-state index contributed by atoms with van der Waals surface area (Å²) in [6, 6.07) is 4.81. The fraction of sp³-hybridized carbons (Fsp3) is 0.611. The van der Waals surface area contributed by atoms with Crippen molar-refractivity contribution in [2.45, 2.75) is 25.7 Å². The Morgan fingerprint density at radius 2 is 1.85 bits per heavy atom. The van der Waals surface area contributed by atoms with Gasteiger partial charge < -0.3 is 14.5 Å². The number of hydrogen-bond acceptors (Lipinski definition) is 5. The number of ether oxygens (including phenoxy) is 1. The summed E-state index contributed by atoms with van der Waals surface area (Å²) in [5.74, 6) is 0.522. The normalized spacial score (nSPS) is 16.1. The summed E-state index contributed by atoms with van der Waals surface area (Å²) in [5, 5.41) is 0. The summed E-state index contributed by atoms with van der Waals surface area (Å²) in [7, 11) is -1.72. The SMILES string of the molecule is CCOc1ccc(S(=O)(=O)N(CC)CC(=O)N2CCN(C)CC2)cc1C. The highest BCUT2D eigenvalue weighted by Crippen LogP contribution is 2.24. The van der Waals surface area contributed by atoms with E-state index in [9.17, 15) is 13.2 Å². The summed E-state index contributed by atoms with van der Waals surface area (Å²) in [5.41, 5.74) is 0.759. The first-order valence-corrected chi connectivity index (χ1v) is 10.4. The number of carbonyl (C=O) groups excluding carboxylic acids is 1. The summed E-state index contributed by atoms with van der Waals surface area (Å²) >= 11 is 0. The minimum absolute atomic E-state index is 0.130. The van der Waals surface area contributed by atoms with E-state index in [4.69, 9.17) is 4.74 Å². The van der Waals surface area contributed by atoms with Gasteiger partial charge in [-0.15, -0.1) is 0 Å². The second-order valence-electron chi connectivity index (χ2n) is 6.48. The van der Waals surface area contributed by atoms with Crippen LogP contribution in [0.4, 0.5) is 0 Å². The maximum Gasteiger partial charge on any atom is 0.243 e. The largest absolute Gasteiger partial charge is 0.494 e. The number of piperazine rings is 1. The van der Waals surface area contributed by atoms with Crippen molar-refractivity contribution < 1.29 is 17.9 Å². The zero-order valence-electron chi connectivity index (χ0n) is 16.1. The maximum atomic E-state index is 13.0. The van der Waals surface area contributed by atoms with Crippen molar-refractivity contribution in [2.75, 3.05) is 52.9 Å². The number of hydrogen-bond donors (Lipinski definition) is 0. The molecule has 0 unspecified atom stereocenters. The van der Waals surface area contributed by atoms with Crippen molar-refractivity contribution >= 4 is 15.9 Å². The average molecular weight is 384 g/mol. The molecule has 1 aliphatic rings. The third-order valence-electron chi connectivity index (χ3n) is 4.60. The Balaban J connectivity index is 2.14. The van der Waals surface area contributed by atoms with Gasteiger partial charge in [0.2, 0.25) is 15.9 Å². The summed E-state index contributed by atoms with van der Waals surface area (Å²) in [6.07, 6.45) is 0. The molecule has 0 saturated carbocycles. The van der Waals surface area contributed by atoms with Crippen molar-refractivity contribution in [1.82, 2.24) is 14.1 Å². The van der Waals surface area contributed by atoms with Crippen LogP contribution in [0.25, 0.3) is 0 Å². The number of sulfonamides is 1. The first-order chi connectivity index (χ1) is 12.3. The van der Waals surface area contributed by atoms with Crippen LogP contribution in [-0.4, -0.2) is 81.4 Å². The van der Waals surface area contributed by atoms with Gasteiger partial charge in [-0.25, -0.2) is 8.42 Å². The van der Waals surface area contributed by atoms with E-state index in [1.54, 1.807) is 24.0 Å². The molecule has 146 valence electrons. The topological polar surface area (TPSA) is 70.2 Å².